The Morgan fingerprint density at radius 2 is 1.93 bits per heavy atom. The zero-order valence-electron chi connectivity index (χ0n) is 16.3. The topological polar surface area (TPSA) is 73.1 Å². The first-order valence-electron chi connectivity index (χ1n) is 10.0. The van der Waals surface area contributed by atoms with Crippen molar-refractivity contribution in [3.8, 4) is 11.6 Å². The molecule has 2 bridgehead atoms. The highest BCUT2D eigenvalue weighted by Crippen LogP contribution is 2.38. The summed E-state index contributed by atoms with van der Waals surface area (Å²) >= 11 is 0. The minimum absolute atomic E-state index is 0.0118. The fourth-order valence-corrected chi connectivity index (χ4v) is 4.49. The molecule has 29 heavy (non-hydrogen) atoms. The number of hydrogen-bond acceptors (Lipinski definition) is 5. The van der Waals surface area contributed by atoms with Gasteiger partial charge < -0.3 is 9.64 Å². The van der Waals surface area contributed by atoms with Gasteiger partial charge in [-0.15, -0.1) is 0 Å². The van der Waals surface area contributed by atoms with E-state index in [0.717, 1.165) is 31.4 Å². The minimum atomic E-state index is -0.0309. The Hall–Kier alpha value is -3.22. The van der Waals surface area contributed by atoms with Crippen molar-refractivity contribution in [1.82, 2.24) is 24.9 Å². The van der Waals surface area contributed by atoms with Crippen LogP contribution in [-0.2, 0) is 0 Å². The Bertz CT molecular complexity index is 1000. The number of aromatic nitrogens is 4. The zero-order chi connectivity index (χ0) is 19.8. The minimum Gasteiger partial charge on any atom is -0.472 e. The average molecular weight is 389 g/mol. The van der Waals surface area contributed by atoms with Gasteiger partial charge in [0, 0.05) is 18.8 Å². The fourth-order valence-electron chi connectivity index (χ4n) is 4.49. The van der Waals surface area contributed by atoms with E-state index in [0.29, 0.717) is 23.0 Å². The zero-order valence-corrected chi connectivity index (χ0v) is 16.3. The molecule has 3 fully saturated rings. The molecule has 7 heteroatoms. The first kappa shape index (κ1) is 17.8. The molecule has 2 aromatic heterocycles. The standard InChI is InChI=1S/C22H23N5O2/c1-15-6-9-21(23-13-15)29-20-12-16-7-8-19(20)26(14-16)22(28)17-4-2-3-5-18(17)27-24-10-11-25-27/h2-6,9-11,13,16,19-20H,7-8,12,14H2,1H3/t16-,19-,20+/m0/s1. The molecule has 1 amide bonds. The van der Waals surface area contributed by atoms with Gasteiger partial charge in [-0.05, 0) is 49.8 Å². The molecule has 2 saturated heterocycles. The van der Waals surface area contributed by atoms with Gasteiger partial charge in [-0.3, -0.25) is 4.79 Å². The molecular formula is C22H23N5O2. The van der Waals surface area contributed by atoms with Crippen LogP contribution in [0.5, 0.6) is 5.88 Å². The molecule has 148 valence electrons. The summed E-state index contributed by atoms with van der Waals surface area (Å²) in [5.41, 5.74) is 2.41. The summed E-state index contributed by atoms with van der Waals surface area (Å²) < 4.78 is 6.23. The third-order valence-electron chi connectivity index (χ3n) is 5.91. The number of pyridine rings is 1. The van der Waals surface area contributed by atoms with Gasteiger partial charge in [0.15, 0.2) is 0 Å². The Morgan fingerprint density at radius 1 is 1.10 bits per heavy atom. The number of aryl methyl sites for hydroxylation is 1. The predicted molar refractivity (Wildman–Crippen MR) is 107 cm³/mol. The highest BCUT2D eigenvalue weighted by Gasteiger charge is 2.44. The van der Waals surface area contributed by atoms with Crippen LogP contribution in [0.15, 0.2) is 55.0 Å². The first-order valence-corrected chi connectivity index (χ1v) is 10.0. The summed E-state index contributed by atoms with van der Waals surface area (Å²) in [6.07, 6.45) is 8.06. The van der Waals surface area contributed by atoms with Crippen molar-refractivity contribution in [3.63, 3.8) is 0 Å². The van der Waals surface area contributed by atoms with Crippen molar-refractivity contribution in [2.24, 2.45) is 5.92 Å². The van der Waals surface area contributed by atoms with E-state index >= 15 is 0 Å². The number of carbonyl (C=O) groups is 1. The molecular weight excluding hydrogens is 366 g/mol. The maximum absolute atomic E-state index is 13.5. The van der Waals surface area contributed by atoms with Crippen LogP contribution >= 0.6 is 0 Å². The monoisotopic (exact) mass is 389 g/mol. The highest BCUT2D eigenvalue weighted by atomic mass is 16.5. The molecule has 7 nitrogen and oxygen atoms in total. The van der Waals surface area contributed by atoms with Gasteiger partial charge in [0.25, 0.3) is 5.91 Å². The summed E-state index contributed by atoms with van der Waals surface area (Å²) in [5.74, 6) is 1.09. The normalized spacial score (nSPS) is 23.2. The molecule has 0 radical (unpaired) electrons. The summed E-state index contributed by atoms with van der Waals surface area (Å²) in [6, 6.07) is 11.5. The summed E-state index contributed by atoms with van der Waals surface area (Å²) in [6.45, 7) is 2.78. The number of nitrogens with zero attached hydrogens (tertiary/aromatic N) is 5. The van der Waals surface area contributed by atoms with Crippen LogP contribution in [0.1, 0.15) is 35.2 Å². The maximum Gasteiger partial charge on any atom is 0.256 e. The second kappa shape index (κ2) is 7.31. The van der Waals surface area contributed by atoms with Crippen LogP contribution in [0.4, 0.5) is 0 Å². The molecule has 1 aliphatic carbocycles. The van der Waals surface area contributed by atoms with E-state index in [1.807, 2.05) is 54.4 Å². The maximum atomic E-state index is 13.5. The molecule has 4 heterocycles. The lowest BCUT2D eigenvalue weighted by Crippen LogP contribution is -2.59. The molecule has 0 spiro atoms. The molecule has 3 aliphatic rings. The average Bonchev–Trinajstić information content (AvgIpc) is 3.30. The first-order chi connectivity index (χ1) is 14.2. The van der Waals surface area contributed by atoms with Gasteiger partial charge in [-0.2, -0.15) is 15.0 Å². The van der Waals surface area contributed by atoms with Crippen LogP contribution in [0.25, 0.3) is 5.69 Å². The van der Waals surface area contributed by atoms with Crippen molar-refractivity contribution >= 4 is 5.91 Å². The summed E-state index contributed by atoms with van der Waals surface area (Å²) in [4.78, 5) is 21.4. The number of para-hydroxylation sites is 1. The smallest absolute Gasteiger partial charge is 0.256 e. The van der Waals surface area contributed by atoms with Crippen molar-refractivity contribution in [3.05, 3.63) is 66.1 Å². The van der Waals surface area contributed by atoms with Crippen molar-refractivity contribution in [2.45, 2.75) is 38.3 Å². The second-order valence-electron chi connectivity index (χ2n) is 7.87. The second-order valence-corrected chi connectivity index (χ2v) is 7.87. The lowest BCUT2D eigenvalue weighted by atomic mass is 9.77. The molecule has 0 unspecified atom stereocenters. The SMILES string of the molecule is Cc1ccc(O[C@@H]2C[C@@H]3CC[C@@H]2N(C(=O)c2ccccc2-n2nccn2)C3)nc1. The Labute approximate surface area is 169 Å². The van der Waals surface area contributed by atoms with Crippen molar-refractivity contribution in [1.29, 1.82) is 0 Å². The molecule has 2 aliphatic heterocycles. The Kier molecular flexibility index (Phi) is 4.50. The lowest BCUT2D eigenvalue weighted by Gasteiger charge is -2.49. The van der Waals surface area contributed by atoms with Gasteiger partial charge in [0.05, 0.1) is 29.7 Å². The van der Waals surface area contributed by atoms with Crippen LogP contribution in [0, 0.1) is 12.8 Å². The van der Waals surface area contributed by atoms with Gasteiger partial charge in [0.2, 0.25) is 5.88 Å². The molecule has 1 aromatic carbocycles. The fraction of sp³-hybridized carbons (Fsp3) is 0.364. The van der Waals surface area contributed by atoms with Crippen molar-refractivity contribution < 1.29 is 9.53 Å². The Balaban J connectivity index is 1.41. The van der Waals surface area contributed by atoms with E-state index in [9.17, 15) is 4.79 Å². The molecule has 0 N–H and O–H groups in total. The highest BCUT2D eigenvalue weighted by molar-refractivity contribution is 5.98. The number of piperidine rings is 2. The van der Waals surface area contributed by atoms with Gasteiger partial charge in [-0.25, -0.2) is 4.98 Å². The van der Waals surface area contributed by atoms with E-state index in [4.69, 9.17) is 4.74 Å². The number of hydrogen-bond donors (Lipinski definition) is 0. The Morgan fingerprint density at radius 3 is 2.69 bits per heavy atom. The quantitative estimate of drug-likeness (QED) is 0.686. The van der Waals surface area contributed by atoms with Crippen LogP contribution in [-0.4, -0.2) is 49.5 Å². The van der Waals surface area contributed by atoms with E-state index < -0.39 is 0 Å². The largest absolute Gasteiger partial charge is 0.472 e. The summed E-state index contributed by atoms with van der Waals surface area (Å²) in [7, 11) is 0. The number of carbonyl (C=O) groups excluding carboxylic acids is 1. The van der Waals surface area contributed by atoms with E-state index in [1.165, 1.54) is 4.80 Å². The van der Waals surface area contributed by atoms with Gasteiger partial charge in [0.1, 0.15) is 6.10 Å². The van der Waals surface area contributed by atoms with Crippen molar-refractivity contribution in [2.75, 3.05) is 6.54 Å². The third-order valence-corrected chi connectivity index (χ3v) is 5.91. The van der Waals surface area contributed by atoms with Crippen LogP contribution in [0.3, 0.4) is 0 Å². The number of rotatable bonds is 4. The molecule has 6 rings (SSSR count). The third kappa shape index (κ3) is 3.37. The number of amides is 1. The van der Waals surface area contributed by atoms with Gasteiger partial charge >= 0.3 is 0 Å². The number of ether oxygens (including phenoxy) is 1. The summed E-state index contributed by atoms with van der Waals surface area (Å²) in [5, 5.41) is 8.40. The predicted octanol–water partition coefficient (Wildman–Crippen LogP) is 3.04. The van der Waals surface area contributed by atoms with Gasteiger partial charge in [-0.1, -0.05) is 18.2 Å². The van der Waals surface area contributed by atoms with E-state index in [1.54, 1.807) is 12.4 Å². The molecule has 1 saturated carbocycles. The number of benzene rings is 1. The molecule has 3 aromatic rings. The lowest BCUT2D eigenvalue weighted by molar-refractivity contribution is -0.0313. The number of fused-ring (bicyclic) bond motifs is 3. The van der Waals surface area contributed by atoms with E-state index in [2.05, 4.69) is 15.2 Å². The van der Waals surface area contributed by atoms with Crippen LogP contribution in [0.2, 0.25) is 0 Å². The van der Waals surface area contributed by atoms with Crippen LogP contribution < -0.4 is 4.74 Å². The van der Waals surface area contributed by atoms with E-state index in [-0.39, 0.29) is 18.1 Å². The molecule has 3 atom stereocenters.